The van der Waals surface area contributed by atoms with E-state index in [1.54, 1.807) is 24.7 Å². The Hall–Kier alpha value is -2.82. The van der Waals surface area contributed by atoms with E-state index in [0.29, 0.717) is 23.4 Å². The second-order valence-corrected chi connectivity index (χ2v) is 4.43. The van der Waals surface area contributed by atoms with Gasteiger partial charge in [-0.15, -0.1) is 0 Å². The third-order valence-corrected chi connectivity index (χ3v) is 3.01. The first-order chi connectivity index (χ1) is 9.74. The number of nitrogen functional groups attached to an aromatic ring is 1. The molecule has 2 heterocycles. The van der Waals surface area contributed by atoms with Crippen molar-refractivity contribution in [3.63, 3.8) is 0 Å². The van der Waals surface area contributed by atoms with Crippen molar-refractivity contribution in [1.29, 1.82) is 0 Å². The van der Waals surface area contributed by atoms with Crippen molar-refractivity contribution in [2.24, 2.45) is 0 Å². The Bertz CT molecular complexity index is 751. The van der Waals surface area contributed by atoms with Crippen LogP contribution in [0.25, 0.3) is 10.9 Å². The molecular formula is C15H13N3O2. The summed E-state index contributed by atoms with van der Waals surface area (Å²) in [5, 5.41) is 3.62. The number of rotatable bonds is 3. The summed E-state index contributed by atoms with van der Waals surface area (Å²) >= 11 is 0. The second-order valence-electron chi connectivity index (χ2n) is 4.43. The van der Waals surface area contributed by atoms with Crippen LogP contribution in [0, 0.1) is 0 Å². The van der Waals surface area contributed by atoms with E-state index in [2.05, 4.69) is 10.3 Å². The molecule has 1 amide bonds. The molecule has 0 aliphatic heterocycles. The Morgan fingerprint density at radius 3 is 2.95 bits per heavy atom. The second kappa shape index (κ2) is 5.05. The first-order valence-electron chi connectivity index (χ1n) is 6.18. The molecule has 100 valence electrons. The molecule has 0 bridgehead atoms. The minimum atomic E-state index is -0.261. The fraction of sp³-hybridized carbons (Fsp3) is 0.0667. The van der Waals surface area contributed by atoms with Crippen LogP contribution in [-0.4, -0.2) is 10.9 Å². The Kier molecular flexibility index (Phi) is 3.09. The maximum atomic E-state index is 12.1. The molecule has 0 spiro atoms. The molecule has 0 aliphatic rings. The lowest BCUT2D eigenvalue weighted by molar-refractivity contribution is 0.0946. The zero-order valence-corrected chi connectivity index (χ0v) is 10.7. The average molecular weight is 267 g/mol. The molecule has 3 N–H and O–H groups in total. The number of furan rings is 1. The van der Waals surface area contributed by atoms with Gasteiger partial charge in [0.05, 0.1) is 18.0 Å². The molecule has 2 aromatic heterocycles. The lowest BCUT2D eigenvalue weighted by atomic mass is 10.1. The van der Waals surface area contributed by atoms with Gasteiger partial charge in [-0.2, -0.15) is 0 Å². The van der Waals surface area contributed by atoms with E-state index in [1.807, 2.05) is 24.3 Å². The molecular weight excluding hydrogens is 254 g/mol. The summed E-state index contributed by atoms with van der Waals surface area (Å²) in [6, 6.07) is 10.8. The Labute approximate surface area is 115 Å². The van der Waals surface area contributed by atoms with Gasteiger partial charge in [-0.1, -0.05) is 18.2 Å². The number of benzene rings is 1. The molecule has 3 aromatic rings. The van der Waals surface area contributed by atoms with E-state index in [-0.39, 0.29) is 5.91 Å². The lowest BCUT2D eigenvalue weighted by Crippen LogP contribution is -2.23. The predicted molar refractivity (Wildman–Crippen MR) is 76.0 cm³/mol. The minimum absolute atomic E-state index is 0.261. The van der Waals surface area contributed by atoms with E-state index in [0.717, 1.165) is 10.9 Å². The fourth-order valence-electron chi connectivity index (χ4n) is 1.98. The molecule has 0 atom stereocenters. The van der Waals surface area contributed by atoms with Gasteiger partial charge in [-0.05, 0) is 18.2 Å². The van der Waals surface area contributed by atoms with Crippen LogP contribution in [-0.2, 0) is 6.54 Å². The Morgan fingerprint density at radius 1 is 1.30 bits per heavy atom. The molecule has 0 fully saturated rings. The smallest absolute Gasteiger partial charge is 0.270 e. The van der Waals surface area contributed by atoms with Crippen LogP contribution in [0.5, 0.6) is 0 Å². The van der Waals surface area contributed by atoms with Crippen molar-refractivity contribution in [2.45, 2.75) is 6.54 Å². The Morgan fingerprint density at radius 2 is 2.15 bits per heavy atom. The summed E-state index contributed by atoms with van der Waals surface area (Å²) < 4.78 is 4.94. The highest BCUT2D eigenvalue weighted by Crippen LogP contribution is 2.19. The van der Waals surface area contributed by atoms with E-state index < -0.39 is 0 Å². The molecule has 0 radical (unpaired) electrons. The number of aromatic nitrogens is 1. The molecule has 0 aliphatic carbocycles. The zero-order chi connectivity index (χ0) is 13.9. The molecule has 3 rings (SSSR count). The van der Waals surface area contributed by atoms with Gasteiger partial charge in [0.25, 0.3) is 5.91 Å². The number of para-hydroxylation sites is 1. The monoisotopic (exact) mass is 267 g/mol. The van der Waals surface area contributed by atoms with Crippen LogP contribution in [0.15, 0.2) is 53.3 Å². The maximum absolute atomic E-state index is 12.1. The van der Waals surface area contributed by atoms with Gasteiger partial charge in [0.15, 0.2) is 0 Å². The largest absolute Gasteiger partial charge is 0.472 e. The maximum Gasteiger partial charge on any atom is 0.270 e. The highest BCUT2D eigenvalue weighted by atomic mass is 16.3. The van der Waals surface area contributed by atoms with Crippen LogP contribution in [0.4, 0.5) is 5.69 Å². The van der Waals surface area contributed by atoms with Crippen LogP contribution < -0.4 is 11.1 Å². The number of nitrogens with two attached hydrogens (primary N) is 1. The van der Waals surface area contributed by atoms with Crippen LogP contribution in [0.3, 0.4) is 0 Å². The highest BCUT2D eigenvalue weighted by molar-refractivity contribution is 5.99. The van der Waals surface area contributed by atoms with Gasteiger partial charge >= 0.3 is 0 Å². The van der Waals surface area contributed by atoms with Crippen molar-refractivity contribution in [2.75, 3.05) is 5.73 Å². The first-order valence-corrected chi connectivity index (χ1v) is 6.18. The number of nitrogens with zero attached hydrogens (tertiary/aromatic N) is 1. The normalized spacial score (nSPS) is 10.6. The number of pyridine rings is 1. The van der Waals surface area contributed by atoms with Gasteiger partial charge in [0.2, 0.25) is 0 Å². The molecule has 1 aromatic carbocycles. The van der Waals surface area contributed by atoms with Crippen molar-refractivity contribution < 1.29 is 9.21 Å². The van der Waals surface area contributed by atoms with Crippen LogP contribution in [0.2, 0.25) is 0 Å². The van der Waals surface area contributed by atoms with Crippen molar-refractivity contribution >= 4 is 22.5 Å². The molecule has 0 saturated heterocycles. The molecule has 20 heavy (non-hydrogen) atoms. The lowest BCUT2D eigenvalue weighted by Gasteiger charge is -2.06. The van der Waals surface area contributed by atoms with Gasteiger partial charge in [0, 0.05) is 23.2 Å². The first kappa shape index (κ1) is 12.2. The standard InChI is InChI=1S/C15H13N3O2/c16-12-7-14(18-13-4-2-1-3-11(12)13)15(19)17-8-10-5-6-20-9-10/h1-7,9H,8H2,(H2,16,18)(H,17,19). The summed E-state index contributed by atoms with van der Waals surface area (Å²) in [5.74, 6) is -0.261. The van der Waals surface area contributed by atoms with Crippen LogP contribution in [0.1, 0.15) is 16.1 Å². The average Bonchev–Trinajstić information content (AvgIpc) is 2.98. The number of nitrogens with one attached hydrogen (secondary N) is 1. The predicted octanol–water partition coefficient (Wildman–Crippen LogP) is 2.34. The summed E-state index contributed by atoms with van der Waals surface area (Å²) in [4.78, 5) is 16.4. The summed E-state index contributed by atoms with van der Waals surface area (Å²) in [7, 11) is 0. The zero-order valence-electron chi connectivity index (χ0n) is 10.7. The van der Waals surface area contributed by atoms with Gasteiger partial charge in [-0.25, -0.2) is 4.98 Å². The van der Waals surface area contributed by atoms with E-state index in [9.17, 15) is 4.79 Å². The van der Waals surface area contributed by atoms with Gasteiger partial charge in [0.1, 0.15) is 5.69 Å². The van der Waals surface area contributed by atoms with Gasteiger partial charge < -0.3 is 15.5 Å². The number of anilines is 1. The number of hydrogen-bond donors (Lipinski definition) is 2. The Balaban J connectivity index is 1.84. The third kappa shape index (κ3) is 2.33. The SMILES string of the molecule is Nc1cc(C(=O)NCc2ccoc2)nc2ccccc12. The van der Waals surface area contributed by atoms with Crippen molar-refractivity contribution in [1.82, 2.24) is 10.3 Å². The molecule has 5 heteroatoms. The molecule has 0 saturated carbocycles. The van der Waals surface area contributed by atoms with Gasteiger partial charge in [-0.3, -0.25) is 4.79 Å². The van der Waals surface area contributed by atoms with Crippen LogP contribution >= 0.6 is 0 Å². The number of fused-ring (bicyclic) bond motifs is 1. The van der Waals surface area contributed by atoms with E-state index >= 15 is 0 Å². The van der Waals surface area contributed by atoms with Crippen molar-refractivity contribution in [3.05, 3.63) is 60.2 Å². The summed E-state index contributed by atoms with van der Waals surface area (Å²) in [6.07, 6.45) is 3.15. The molecule has 5 nitrogen and oxygen atoms in total. The summed E-state index contributed by atoms with van der Waals surface area (Å²) in [5.41, 5.74) is 8.41. The fourth-order valence-corrected chi connectivity index (χ4v) is 1.98. The number of carbonyl (C=O) groups excluding carboxylic acids is 1. The highest BCUT2D eigenvalue weighted by Gasteiger charge is 2.10. The van der Waals surface area contributed by atoms with E-state index in [4.69, 9.17) is 10.2 Å². The molecule has 0 unspecified atom stereocenters. The topological polar surface area (TPSA) is 81.2 Å². The number of hydrogen-bond acceptors (Lipinski definition) is 4. The number of amides is 1. The quantitative estimate of drug-likeness (QED) is 0.763. The summed E-state index contributed by atoms with van der Waals surface area (Å²) in [6.45, 7) is 0.393. The van der Waals surface area contributed by atoms with Crippen molar-refractivity contribution in [3.8, 4) is 0 Å². The van der Waals surface area contributed by atoms with E-state index in [1.165, 1.54) is 0 Å². The number of carbonyl (C=O) groups is 1. The minimum Gasteiger partial charge on any atom is -0.472 e. The third-order valence-electron chi connectivity index (χ3n) is 3.01.